The number of amides is 1. The van der Waals surface area contributed by atoms with Gasteiger partial charge in [-0.3, -0.25) is 9.63 Å². The third-order valence-corrected chi connectivity index (χ3v) is 5.65. The second kappa shape index (κ2) is 10.3. The van der Waals surface area contributed by atoms with Crippen molar-refractivity contribution in [1.29, 1.82) is 0 Å². The number of nitrogens with one attached hydrogen (secondary N) is 2. The van der Waals surface area contributed by atoms with E-state index in [9.17, 15) is 4.79 Å². The zero-order valence-corrected chi connectivity index (χ0v) is 19.5. The molecule has 4 aromatic rings. The van der Waals surface area contributed by atoms with Gasteiger partial charge in [0.25, 0.3) is 5.91 Å². The molecule has 0 aliphatic heterocycles. The first-order chi connectivity index (χ1) is 16.0. The molecule has 1 amide bonds. The highest BCUT2D eigenvalue weighted by atomic mass is 79.9. The summed E-state index contributed by atoms with van der Waals surface area (Å²) < 4.78 is 18.2. The van der Waals surface area contributed by atoms with Gasteiger partial charge in [-0.15, -0.1) is 0 Å². The predicted octanol–water partition coefficient (Wildman–Crippen LogP) is 5.04. The number of halogens is 3. The number of aliphatic hydroxyl groups is 1. The topological polar surface area (TPSA) is 88.4 Å². The van der Waals surface area contributed by atoms with Crippen LogP contribution < -0.4 is 10.8 Å². The molecular weight excluding hydrogens is 515 g/mol. The monoisotopic (exact) mass is 532 g/mol. The summed E-state index contributed by atoms with van der Waals surface area (Å²) in [6, 6.07) is 16.2. The molecule has 0 saturated heterocycles. The molecule has 10 heteroatoms. The van der Waals surface area contributed by atoms with E-state index in [-0.39, 0.29) is 30.0 Å². The minimum Gasteiger partial charge on any atom is -0.394 e. The van der Waals surface area contributed by atoms with Gasteiger partial charge in [-0.2, -0.15) is 0 Å². The van der Waals surface area contributed by atoms with E-state index in [4.69, 9.17) is 21.5 Å². The number of hydrogen-bond donors (Lipinski definition) is 3. The fourth-order valence-corrected chi connectivity index (χ4v) is 4.03. The Kier molecular flexibility index (Phi) is 7.24. The number of carbonyl (C=O) groups is 1. The van der Waals surface area contributed by atoms with E-state index in [0.717, 1.165) is 10.0 Å². The molecule has 33 heavy (non-hydrogen) atoms. The lowest BCUT2D eigenvalue weighted by Gasteiger charge is -2.15. The summed E-state index contributed by atoms with van der Waals surface area (Å²) in [6.07, 6.45) is 1.53. The maximum absolute atomic E-state index is 15.7. The first kappa shape index (κ1) is 23.2. The van der Waals surface area contributed by atoms with Crippen LogP contribution in [0.25, 0.3) is 11.0 Å². The Bertz CT molecular complexity index is 1300. The van der Waals surface area contributed by atoms with Gasteiger partial charge in [-0.25, -0.2) is 14.9 Å². The first-order valence-electron chi connectivity index (χ1n) is 9.94. The van der Waals surface area contributed by atoms with Crippen molar-refractivity contribution in [3.05, 3.63) is 87.4 Å². The minimum absolute atomic E-state index is 0.00765. The van der Waals surface area contributed by atoms with Crippen LogP contribution in [0.1, 0.15) is 15.9 Å². The molecule has 1 heterocycles. The van der Waals surface area contributed by atoms with E-state index in [1.54, 1.807) is 28.8 Å². The van der Waals surface area contributed by atoms with Crippen LogP contribution in [0.2, 0.25) is 5.02 Å². The van der Waals surface area contributed by atoms with E-state index >= 15 is 4.39 Å². The van der Waals surface area contributed by atoms with Gasteiger partial charge in [-0.05, 0) is 29.8 Å². The molecular formula is C23H19BrClFN4O3. The van der Waals surface area contributed by atoms with Crippen molar-refractivity contribution in [2.75, 3.05) is 18.5 Å². The number of imidazole rings is 1. The fourth-order valence-electron chi connectivity index (χ4n) is 3.31. The van der Waals surface area contributed by atoms with Crippen molar-refractivity contribution >= 4 is 55.8 Å². The third-order valence-electron chi connectivity index (χ3n) is 4.85. The van der Waals surface area contributed by atoms with E-state index in [0.29, 0.717) is 22.8 Å². The Morgan fingerprint density at radius 1 is 1.21 bits per heavy atom. The van der Waals surface area contributed by atoms with Crippen molar-refractivity contribution in [3.63, 3.8) is 0 Å². The Hall–Kier alpha value is -2.98. The van der Waals surface area contributed by atoms with Gasteiger partial charge in [-0.1, -0.05) is 57.9 Å². The van der Waals surface area contributed by atoms with E-state index < -0.39 is 11.7 Å². The van der Waals surface area contributed by atoms with Gasteiger partial charge >= 0.3 is 0 Å². The highest BCUT2D eigenvalue weighted by Gasteiger charge is 2.23. The number of hydroxylamine groups is 1. The molecule has 0 spiro atoms. The van der Waals surface area contributed by atoms with Gasteiger partial charge in [0.05, 0.1) is 47.0 Å². The molecule has 0 radical (unpaired) electrons. The maximum atomic E-state index is 15.7. The van der Waals surface area contributed by atoms with Crippen LogP contribution >= 0.6 is 27.5 Å². The van der Waals surface area contributed by atoms with Crippen LogP contribution in [-0.2, 0) is 11.4 Å². The Morgan fingerprint density at radius 2 is 2.00 bits per heavy atom. The van der Waals surface area contributed by atoms with Crippen molar-refractivity contribution in [3.8, 4) is 0 Å². The SMILES string of the molecule is O=C(NOCCO)c1cc2c(ncn2Cc2ccccc2)c(F)c1Nc1ccc(Br)cc1Cl. The number of aromatic nitrogens is 2. The van der Waals surface area contributed by atoms with Gasteiger partial charge in [0.2, 0.25) is 0 Å². The van der Waals surface area contributed by atoms with Crippen LogP contribution in [0, 0.1) is 5.82 Å². The molecule has 0 fully saturated rings. The van der Waals surface area contributed by atoms with Gasteiger partial charge < -0.3 is 15.0 Å². The average Bonchev–Trinajstić information content (AvgIpc) is 3.20. The number of hydrogen-bond acceptors (Lipinski definition) is 5. The van der Waals surface area contributed by atoms with Crippen molar-refractivity contribution in [2.45, 2.75) is 6.54 Å². The number of benzene rings is 3. The first-order valence-corrected chi connectivity index (χ1v) is 11.1. The molecule has 1 aromatic heterocycles. The van der Waals surface area contributed by atoms with Crippen LogP contribution in [0.15, 0.2) is 65.4 Å². The molecule has 0 aliphatic rings. The standard InChI is InChI=1S/C23H19BrClFN4O3/c24-15-6-7-18(17(25)10-15)28-21-16(23(32)29-33-9-8-31)11-19-22(20(21)26)27-13-30(19)12-14-4-2-1-3-5-14/h1-7,10-11,13,28,31H,8-9,12H2,(H,29,32). The van der Waals surface area contributed by atoms with E-state index in [2.05, 4.69) is 31.7 Å². The minimum atomic E-state index is -0.703. The molecule has 0 unspecified atom stereocenters. The van der Waals surface area contributed by atoms with Gasteiger partial charge in [0.1, 0.15) is 5.52 Å². The molecule has 170 valence electrons. The molecule has 0 saturated carbocycles. The zero-order chi connectivity index (χ0) is 23.4. The number of fused-ring (bicyclic) bond motifs is 1. The highest BCUT2D eigenvalue weighted by molar-refractivity contribution is 9.10. The molecule has 7 nitrogen and oxygen atoms in total. The fraction of sp³-hybridized carbons (Fsp3) is 0.130. The summed E-state index contributed by atoms with van der Waals surface area (Å²) in [5, 5.41) is 12.2. The normalized spacial score (nSPS) is 11.0. The summed E-state index contributed by atoms with van der Waals surface area (Å²) in [7, 11) is 0. The van der Waals surface area contributed by atoms with Gasteiger partial charge in [0, 0.05) is 11.0 Å². The molecule has 0 bridgehead atoms. The summed E-state index contributed by atoms with van der Waals surface area (Å²) in [4.78, 5) is 22.1. The van der Waals surface area contributed by atoms with E-state index in [1.165, 1.54) is 6.33 Å². The number of aliphatic hydroxyl groups excluding tert-OH is 1. The number of carbonyl (C=O) groups excluding carboxylic acids is 1. The zero-order valence-electron chi connectivity index (χ0n) is 17.2. The summed E-state index contributed by atoms with van der Waals surface area (Å²) >= 11 is 9.62. The van der Waals surface area contributed by atoms with Crippen molar-refractivity contribution in [2.24, 2.45) is 0 Å². The number of anilines is 2. The lowest BCUT2D eigenvalue weighted by atomic mass is 10.1. The average molecular weight is 534 g/mol. The summed E-state index contributed by atoms with van der Waals surface area (Å²) in [5.41, 5.74) is 4.08. The molecule has 3 N–H and O–H groups in total. The second-order valence-electron chi connectivity index (χ2n) is 7.09. The predicted molar refractivity (Wildman–Crippen MR) is 128 cm³/mol. The number of rotatable bonds is 8. The maximum Gasteiger partial charge on any atom is 0.277 e. The van der Waals surface area contributed by atoms with Crippen LogP contribution in [0.5, 0.6) is 0 Å². The van der Waals surface area contributed by atoms with Crippen molar-refractivity contribution in [1.82, 2.24) is 15.0 Å². The third kappa shape index (κ3) is 5.17. The lowest BCUT2D eigenvalue weighted by Crippen LogP contribution is -2.26. The van der Waals surface area contributed by atoms with Crippen LogP contribution in [-0.4, -0.2) is 33.8 Å². The molecule has 0 atom stereocenters. The summed E-state index contributed by atoms with van der Waals surface area (Å²) in [5.74, 6) is -1.39. The largest absolute Gasteiger partial charge is 0.394 e. The van der Waals surface area contributed by atoms with Gasteiger partial charge in [0.15, 0.2) is 5.82 Å². The molecule has 4 rings (SSSR count). The Labute approximate surface area is 202 Å². The number of nitrogens with zero attached hydrogens (tertiary/aromatic N) is 2. The quantitative estimate of drug-likeness (QED) is 0.218. The second-order valence-corrected chi connectivity index (χ2v) is 8.41. The molecule has 3 aromatic carbocycles. The summed E-state index contributed by atoms with van der Waals surface area (Å²) in [6.45, 7) is 0.0605. The van der Waals surface area contributed by atoms with Crippen molar-refractivity contribution < 1.29 is 19.1 Å². The highest BCUT2D eigenvalue weighted by Crippen LogP contribution is 2.34. The van der Waals surface area contributed by atoms with Crippen LogP contribution in [0.3, 0.4) is 0 Å². The van der Waals surface area contributed by atoms with Crippen LogP contribution in [0.4, 0.5) is 15.8 Å². The van der Waals surface area contributed by atoms with E-state index in [1.807, 2.05) is 30.3 Å². The molecule has 0 aliphatic carbocycles. The smallest absolute Gasteiger partial charge is 0.277 e. The Morgan fingerprint density at radius 3 is 2.73 bits per heavy atom. The lowest BCUT2D eigenvalue weighted by molar-refractivity contribution is 0.0169. The Balaban J connectivity index is 1.79.